The third-order valence-corrected chi connectivity index (χ3v) is 4.07. The van der Waals surface area contributed by atoms with E-state index in [1.54, 1.807) is 25.1 Å². The molecule has 1 unspecified atom stereocenters. The Balaban J connectivity index is 2.01. The van der Waals surface area contributed by atoms with E-state index in [4.69, 9.17) is 14.2 Å². The highest BCUT2D eigenvalue weighted by atomic mass is 16.8. The van der Waals surface area contributed by atoms with Crippen LogP contribution in [0.25, 0.3) is 5.82 Å². The summed E-state index contributed by atoms with van der Waals surface area (Å²) in [5.74, 6) is -3.27. The first-order chi connectivity index (χ1) is 14.4. The van der Waals surface area contributed by atoms with Gasteiger partial charge in [-0.1, -0.05) is 13.0 Å². The van der Waals surface area contributed by atoms with Crippen LogP contribution in [0.3, 0.4) is 0 Å². The summed E-state index contributed by atoms with van der Waals surface area (Å²) in [4.78, 5) is 28.8. The number of hydrogen-bond acceptors (Lipinski definition) is 10. The fourth-order valence-corrected chi connectivity index (χ4v) is 2.78. The van der Waals surface area contributed by atoms with Gasteiger partial charge in [0.1, 0.15) is 5.56 Å². The van der Waals surface area contributed by atoms with Crippen LogP contribution in [0.2, 0.25) is 0 Å². The molecule has 0 bridgehead atoms. The number of carbonyl (C=O) groups is 2. The van der Waals surface area contributed by atoms with Crippen molar-refractivity contribution in [1.82, 2.24) is 14.8 Å². The van der Waals surface area contributed by atoms with E-state index in [2.05, 4.69) is 20.3 Å². The zero-order valence-corrected chi connectivity index (χ0v) is 16.7. The first-order valence-corrected chi connectivity index (χ1v) is 9.32. The molecule has 158 valence electrons. The minimum Gasteiger partial charge on any atom is -0.479 e. The Bertz CT molecular complexity index is 1000. The molecule has 1 aliphatic rings. The van der Waals surface area contributed by atoms with Gasteiger partial charge in [-0.05, 0) is 25.5 Å². The summed E-state index contributed by atoms with van der Waals surface area (Å²) in [6, 6.07) is 5.09. The third-order valence-electron chi connectivity index (χ3n) is 4.07. The topological polar surface area (TPSA) is 137 Å². The van der Waals surface area contributed by atoms with Gasteiger partial charge in [0.15, 0.2) is 11.6 Å². The summed E-state index contributed by atoms with van der Waals surface area (Å²) in [7, 11) is 0. The fourth-order valence-electron chi connectivity index (χ4n) is 2.78. The zero-order valence-electron chi connectivity index (χ0n) is 16.7. The van der Waals surface area contributed by atoms with Crippen LogP contribution in [0.5, 0.6) is 0 Å². The molecule has 3 rings (SSSR count). The molecule has 0 fully saturated rings. The van der Waals surface area contributed by atoms with E-state index < -0.39 is 29.4 Å². The Morgan fingerprint density at radius 2 is 2.10 bits per heavy atom. The highest BCUT2D eigenvalue weighted by Crippen LogP contribution is 2.31. The molecule has 30 heavy (non-hydrogen) atoms. The third kappa shape index (κ3) is 4.29. The van der Waals surface area contributed by atoms with Crippen molar-refractivity contribution in [3.05, 3.63) is 47.8 Å². The average molecular weight is 415 g/mol. The number of rotatable bonds is 7. The lowest BCUT2D eigenvalue weighted by Crippen LogP contribution is -2.39. The molecule has 0 spiro atoms. The lowest BCUT2D eigenvalue weighted by molar-refractivity contribution is -0.233. The molecule has 0 aromatic carbocycles. The Labute approximate surface area is 172 Å². The average Bonchev–Trinajstić information content (AvgIpc) is 3.12. The summed E-state index contributed by atoms with van der Waals surface area (Å²) in [6.45, 7) is 5.22. The molecular weight excluding hydrogens is 394 g/mol. The number of hydrogen-bond donors (Lipinski definition) is 1. The van der Waals surface area contributed by atoms with E-state index in [9.17, 15) is 14.7 Å². The van der Waals surface area contributed by atoms with Crippen molar-refractivity contribution < 1.29 is 28.9 Å². The summed E-state index contributed by atoms with van der Waals surface area (Å²) < 4.78 is 16.8. The van der Waals surface area contributed by atoms with Gasteiger partial charge in [0.05, 0.1) is 12.8 Å². The molecule has 11 heteroatoms. The largest absolute Gasteiger partial charge is 0.479 e. The van der Waals surface area contributed by atoms with Crippen molar-refractivity contribution in [2.45, 2.75) is 39.4 Å². The van der Waals surface area contributed by atoms with E-state index >= 15 is 0 Å². The maximum atomic E-state index is 12.3. The van der Waals surface area contributed by atoms with Gasteiger partial charge in [-0.15, -0.1) is 10.2 Å². The molecule has 2 aromatic heterocycles. The van der Waals surface area contributed by atoms with Crippen molar-refractivity contribution >= 4 is 17.8 Å². The quantitative estimate of drug-likeness (QED) is 0.537. The van der Waals surface area contributed by atoms with Crippen LogP contribution in [-0.4, -0.2) is 44.2 Å². The van der Waals surface area contributed by atoms with Crippen molar-refractivity contribution in [1.29, 1.82) is 0 Å². The van der Waals surface area contributed by atoms with E-state index in [1.807, 2.05) is 6.92 Å². The first-order valence-electron chi connectivity index (χ1n) is 9.32. The number of nitrogens with zero attached hydrogens (tertiary/aromatic N) is 5. The lowest BCUT2D eigenvalue weighted by atomic mass is 10.1. The molecule has 0 saturated carbocycles. The Morgan fingerprint density at radius 3 is 2.73 bits per heavy atom. The van der Waals surface area contributed by atoms with Gasteiger partial charge < -0.3 is 19.3 Å². The molecular formula is C19H21N5O6. The highest BCUT2D eigenvalue weighted by Gasteiger charge is 2.40. The van der Waals surface area contributed by atoms with E-state index in [-0.39, 0.29) is 18.0 Å². The first kappa shape index (κ1) is 21.0. The number of ether oxygens (including phenoxy) is 3. The van der Waals surface area contributed by atoms with Gasteiger partial charge >= 0.3 is 17.9 Å². The Kier molecular flexibility index (Phi) is 6.09. The van der Waals surface area contributed by atoms with Crippen molar-refractivity contribution in [2.24, 2.45) is 10.2 Å². The number of cyclic esters (lactones) is 1. The zero-order chi connectivity index (χ0) is 21.7. The van der Waals surface area contributed by atoms with Gasteiger partial charge in [-0.3, -0.25) is 0 Å². The predicted octanol–water partition coefficient (Wildman–Crippen LogP) is 3.34. The van der Waals surface area contributed by atoms with Gasteiger partial charge in [0, 0.05) is 19.5 Å². The van der Waals surface area contributed by atoms with Crippen LogP contribution in [0.15, 0.2) is 52.5 Å². The number of aliphatic hydroxyl groups is 1. The van der Waals surface area contributed by atoms with Gasteiger partial charge in [-0.25, -0.2) is 14.6 Å². The second-order valence-corrected chi connectivity index (χ2v) is 6.43. The summed E-state index contributed by atoms with van der Waals surface area (Å²) in [6.07, 6.45) is 3.84. The minimum absolute atomic E-state index is 0.00672. The monoisotopic (exact) mass is 415 g/mol. The Morgan fingerprint density at radius 1 is 1.30 bits per heavy atom. The number of esters is 2. The van der Waals surface area contributed by atoms with E-state index in [1.165, 1.54) is 24.0 Å². The second kappa shape index (κ2) is 8.72. The number of aliphatic hydroxyl groups excluding tert-OH is 1. The maximum absolute atomic E-state index is 12.3. The fraction of sp³-hybridized carbons (Fsp3) is 0.368. The van der Waals surface area contributed by atoms with Crippen LogP contribution in [0, 0.1) is 0 Å². The number of aromatic nitrogens is 3. The van der Waals surface area contributed by atoms with Gasteiger partial charge in [0.25, 0.3) is 11.5 Å². The molecule has 1 N–H and O–H groups in total. The van der Waals surface area contributed by atoms with E-state index in [0.29, 0.717) is 18.7 Å². The predicted molar refractivity (Wildman–Crippen MR) is 102 cm³/mol. The van der Waals surface area contributed by atoms with Crippen LogP contribution in [0.1, 0.15) is 44.0 Å². The molecule has 0 radical (unpaired) electrons. The highest BCUT2D eigenvalue weighted by molar-refractivity contribution is 5.94. The normalized spacial score (nSPS) is 19.0. The van der Waals surface area contributed by atoms with Crippen molar-refractivity contribution in [3.63, 3.8) is 0 Å². The second-order valence-electron chi connectivity index (χ2n) is 6.43. The molecule has 2 aromatic rings. The standard InChI is InChI=1S/C19H21N5O6/c1-4-9-19(3)29-17(26)14(18(27)30-19)22-23-15-12(16(25)28-5-2)11-21-24(15)13-8-6-7-10-20-13/h6-8,10-11,26H,4-5,9H2,1-3H3. The molecule has 1 aliphatic heterocycles. The molecule has 0 saturated heterocycles. The molecule has 0 amide bonds. The van der Waals surface area contributed by atoms with Crippen LogP contribution in [-0.2, 0) is 19.0 Å². The molecule has 3 heterocycles. The Hall–Kier alpha value is -3.76. The summed E-state index contributed by atoms with van der Waals surface area (Å²) >= 11 is 0. The minimum atomic E-state index is -1.29. The number of carbonyl (C=O) groups excluding carboxylic acids is 2. The van der Waals surface area contributed by atoms with E-state index in [0.717, 1.165) is 0 Å². The number of azo groups is 1. The van der Waals surface area contributed by atoms with Gasteiger partial charge in [0.2, 0.25) is 0 Å². The molecule has 11 nitrogen and oxygen atoms in total. The van der Waals surface area contributed by atoms with Crippen LogP contribution in [0.4, 0.5) is 5.82 Å². The SMILES string of the molecule is CCCC1(C)OC(=O)C(N=Nc2c(C(=O)OCC)cnn2-c2ccccn2)=C(O)O1. The van der Waals surface area contributed by atoms with Crippen molar-refractivity contribution in [3.8, 4) is 5.82 Å². The maximum Gasteiger partial charge on any atom is 0.369 e. The molecule has 0 aliphatic carbocycles. The van der Waals surface area contributed by atoms with Crippen molar-refractivity contribution in [2.75, 3.05) is 6.61 Å². The van der Waals surface area contributed by atoms with Crippen LogP contribution >= 0.6 is 0 Å². The smallest absolute Gasteiger partial charge is 0.369 e. The molecule has 1 atom stereocenters. The van der Waals surface area contributed by atoms with Gasteiger partial charge in [-0.2, -0.15) is 9.78 Å². The summed E-state index contributed by atoms with van der Waals surface area (Å²) in [5.41, 5.74) is -0.528. The van der Waals surface area contributed by atoms with Crippen LogP contribution < -0.4 is 0 Å². The lowest BCUT2D eigenvalue weighted by Gasteiger charge is -2.32. The summed E-state index contributed by atoms with van der Waals surface area (Å²) in [5, 5.41) is 22.0. The number of pyridine rings is 1.